The molecular weight excluding hydrogens is 252 g/mol. The van der Waals surface area contributed by atoms with Crippen molar-refractivity contribution < 1.29 is 17.9 Å². The maximum atomic E-state index is 11.4. The van der Waals surface area contributed by atoms with E-state index in [0.29, 0.717) is 12.2 Å². The number of sulfone groups is 1. The predicted octanol–water partition coefficient (Wildman–Crippen LogP) is 2.06. The first-order valence-electron chi connectivity index (χ1n) is 5.50. The molecule has 0 bridgehead atoms. The predicted molar refractivity (Wildman–Crippen MR) is 69.8 cm³/mol. The summed E-state index contributed by atoms with van der Waals surface area (Å²) in [6.07, 6.45) is 2.81. The number of benzene rings is 1. The second-order valence-corrected chi connectivity index (χ2v) is 5.90. The van der Waals surface area contributed by atoms with Crippen molar-refractivity contribution in [3.8, 4) is 0 Å². The second kappa shape index (κ2) is 5.82. The molecule has 0 N–H and O–H groups in total. The van der Waals surface area contributed by atoms with E-state index in [9.17, 15) is 13.2 Å². The van der Waals surface area contributed by atoms with Crippen LogP contribution in [0.5, 0.6) is 0 Å². The van der Waals surface area contributed by atoms with E-state index < -0.39 is 9.84 Å². The molecule has 0 fully saturated rings. The fourth-order valence-corrected chi connectivity index (χ4v) is 2.00. The summed E-state index contributed by atoms with van der Waals surface area (Å²) in [5.74, 6) is -0.371. The van der Waals surface area contributed by atoms with Crippen LogP contribution in [0, 0.1) is 0 Å². The van der Waals surface area contributed by atoms with Gasteiger partial charge in [0, 0.05) is 11.8 Å². The molecule has 0 heterocycles. The number of rotatable bonds is 4. The van der Waals surface area contributed by atoms with Gasteiger partial charge >= 0.3 is 5.97 Å². The highest BCUT2D eigenvalue weighted by Crippen LogP contribution is 2.13. The smallest absolute Gasteiger partial charge is 0.333 e. The average Bonchev–Trinajstić information content (AvgIpc) is 2.28. The van der Waals surface area contributed by atoms with Crippen LogP contribution in [0.25, 0.3) is 6.08 Å². The number of esters is 1. The van der Waals surface area contributed by atoms with Crippen LogP contribution in [-0.4, -0.2) is 27.2 Å². The summed E-state index contributed by atoms with van der Waals surface area (Å²) in [7, 11) is -3.19. The summed E-state index contributed by atoms with van der Waals surface area (Å²) < 4.78 is 27.4. The lowest BCUT2D eigenvalue weighted by atomic mass is 10.1. The lowest BCUT2D eigenvalue weighted by Gasteiger charge is -2.02. The molecule has 0 aromatic heterocycles. The monoisotopic (exact) mass is 268 g/mol. The zero-order valence-electron chi connectivity index (χ0n) is 10.6. The molecule has 0 spiro atoms. The number of carbonyl (C=O) groups excluding carboxylic acids is 1. The van der Waals surface area contributed by atoms with Crippen molar-refractivity contribution in [3.05, 3.63) is 35.4 Å². The van der Waals surface area contributed by atoms with Crippen LogP contribution in [0.4, 0.5) is 0 Å². The van der Waals surface area contributed by atoms with Crippen molar-refractivity contribution in [1.82, 2.24) is 0 Å². The molecule has 1 aromatic rings. The van der Waals surface area contributed by atoms with Crippen molar-refractivity contribution in [2.45, 2.75) is 18.7 Å². The Hall–Kier alpha value is -1.62. The summed E-state index contributed by atoms with van der Waals surface area (Å²) in [6.45, 7) is 3.73. The Kier molecular flexibility index (Phi) is 4.67. The minimum Gasteiger partial charge on any atom is -0.463 e. The van der Waals surface area contributed by atoms with Crippen LogP contribution in [0.2, 0.25) is 0 Å². The van der Waals surface area contributed by atoms with E-state index in [1.54, 1.807) is 32.1 Å². The van der Waals surface area contributed by atoms with Gasteiger partial charge in [-0.05, 0) is 37.6 Å². The Bertz CT molecular complexity index is 553. The van der Waals surface area contributed by atoms with Gasteiger partial charge in [-0.25, -0.2) is 13.2 Å². The van der Waals surface area contributed by atoms with E-state index in [2.05, 4.69) is 0 Å². The molecule has 0 aliphatic rings. The van der Waals surface area contributed by atoms with E-state index in [4.69, 9.17) is 4.74 Å². The van der Waals surface area contributed by atoms with Gasteiger partial charge < -0.3 is 4.74 Å². The molecule has 1 aromatic carbocycles. The third kappa shape index (κ3) is 4.00. The van der Waals surface area contributed by atoms with Crippen molar-refractivity contribution in [2.75, 3.05) is 12.9 Å². The van der Waals surface area contributed by atoms with E-state index in [0.717, 1.165) is 11.8 Å². The minimum absolute atomic E-state index is 0.258. The molecule has 0 aliphatic heterocycles. The van der Waals surface area contributed by atoms with Crippen molar-refractivity contribution >= 4 is 21.9 Å². The maximum absolute atomic E-state index is 11.4. The molecule has 0 atom stereocenters. The minimum atomic E-state index is -3.19. The van der Waals surface area contributed by atoms with E-state index in [1.807, 2.05) is 0 Å². The van der Waals surface area contributed by atoms with E-state index in [1.165, 1.54) is 12.1 Å². The zero-order valence-corrected chi connectivity index (χ0v) is 11.5. The third-order valence-corrected chi connectivity index (χ3v) is 3.42. The van der Waals surface area contributed by atoms with Crippen molar-refractivity contribution in [1.29, 1.82) is 0 Å². The summed E-state index contributed by atoms with van der Waals surface area (Å²) in [5.41, 5.74) is 1.23. The highest BCUT2D eigenvalue weighted by molar-refractivity contribution is 7.90. The molecule has 4 nitrogen and oxygen atoms in total. The largest absolute Gasteiger partial charge is 0.463 e. The zero-order chi connectivity index (χ0) is 13.8. The first-order valence-corrected chi connectivity index (χ1v) is 7.39. The summed E-state index contributed by atoms with van der Waals surface area (Å²) in [4.78, 5) is 11.6. The summed E-state index contributed by atoms with van der Waals surface area (Å²) in [5, 5.41) is 0. The topological polar surface area (TPSA) is 60.4 Å². The molecule has 1 rings (SSSR count). The van der Waals surface area contributed by atoms with Gasteiger partial charge in [0.1, 0.15) is 0 Å². The Morgan fingerprint density at radius 2 is 1.83 bits per heavy atom. The fourth-order valence-electron chi connectivity index (χ4n) is 1.37. The van der Waals surface area contributed by atoms with Crippen LogP contribution in [0.15, 0.2) is 34.7 Å². The van der Waals surface area contributed by atoms with Gasteiger partial charge in [-0.1, -0.05) is 12.1 Å². The first kappa shape index (κ1) is 14.4. The number of ether oxygens (including phenoxy) is 1. The van der Waals surface area contributed by atoms with E-state index >= 15 is 0 Å². The highest BCUT2D eigenvalue weighted by atomic mass is 32.2. The van der Waals surface area contributed by atoms with Gasteiger partial charge in [-0.15, -0.1) is 0 Å². The lowest BCUT2D eigenvalue weighted by molar-refractivity contribution is -0.138. The van der Waals surface area contributed by atoms with Gasteiger partial charge in [-0.3, -0.25) is 0 Å². The molecule has 18 heavy (non-hydrogen) atoms. The fraction of sp³-hybridized carbons (Fsp3) is 0.308. The Balaban J connectivity index is 2.93. The standard InChI is InChI=1S/C13H16O4S/c1-4-17-13(14)10(2)9-11-5-7-12(8-6-11)18(3,15)16/h5-9H,4H2,1-3H3. The molecular formula is C13H16O4S. The Morgan fingerprint density at radius 3 is 2.28 bits per heavy atom. The normalized spacial score (nSPS) is 12.3. The summed E-state index contributed by atoms with van der Waals surface area (Å²) in [6, 6.07) is 6.33. The van der Waals surface area contributed by atoms with Gasteiger partial charge in [0.25, 0.3) is 0 Å². The highest BCUT2D eigenvalue weighted by Gasteiger charge is 2.07. The molecule has 0 amide bonds. The van der Waals surface area contributed by atoms with Crippen LogP contribution < -0.4 is 0 Å². The van der Waals surface area contributed by atoms with Gasteiger partial charge in [0.15, 0.2) is 9.84 Å². The molecule has 0 radical (unpaired) electrons. The SMILES string of the molecule is CCOC(=O)C(C)=Cc1ccc(S(C)(=O)=O)cc1. The van der Waals surface area contributed by atoms with Gasteiger partial charge in [0.2, 0.25) is 0 Å². The molecule has 5 heteroatoms. The van der Waals surface area contributed by atoms with Crippen molar-refractivity contribution in [3.63, 3.8) is 0 Å². The number of carbonyl (C=O) groups is 1. The Morgan fingerprint density at radius 1 is 1.28 bits per heavy atom. The molecule has 0 aliphatic carbocycles. The Labute approximate surface area is 107 Å². The molecule has 0 saturated carbocycles. The van der Waals surface area contributed by atoms with Gasteiger partial charge in [0.05, 0.1) is 11.5 Å². The molecule has 98 valence electrons. The van der Waals surface area contributed by atoms with E-state index in [-0.39, 0.29) is 10.9 Å². The molecule has 0 saturated heterocycles. The van der Waals surface area contributed by atoms with Gasteiger partial charge in [-0.2, -0.15) is 0 Å². The average molecular weight is 268 g/mol. The quantitative estimate of drug-likeness (QED) is 0.619. The van der Waals surface area contributed by atoms with Crippen LogP contribution in [-0.2, 0) is 19.4 Å². The summed E-state index contributed by atoms with van der Waals surface area (Å²) >= 11 is 0. The third-order valence-electron chi connectivity index (χ3n) is 2.29. The van der Waals surface area contributed by atoms with Crippen molar-refractivity contribution in [2.24, 2.45) is 0 Å². The first-order chi connectivity index (χ1) is 8.34. The van der Waals surface area contributed by atoms with Crippen LogP contribution in [0.1, 0.15) is 19.4 Å². The number of hydrogen-bond acceptors (Lipinski definition) is 4. The number of hydrogen-bond donors (Lipinski definition) is 0. The maximum Gasteiger partial charge on any atom is 0.333 e. The van der Waals surface area contributed by atoms with Crippen LogP contribution >= 0.6 is 0 Å². The van der Waals surface area contributed by atoms with Crippen LogP contribution in [0.3, 0.4) is 0 Å². The lowest BCUT2D eigenvalue weighted by Crippen LogP contribution is -2.04. The second-order valence-electron chi connectivity index (χ2n) is 3.89. The molecule has 0 unspecified atom stereocenters.